The molecule has 1 saturated heterocycles. The van der Waals surface area contributed by atoms with Crippen LogP contribution in [0, 0.1) is 0 Å². The average Bonchev–Trinajstić information content (AvgIpc) is 2.49. The van der Waals surface area contributed by atoms with E-state index in [2.05, 4.69) is 0 Å². The minimum atomic E-state index is -0.882. The number of carbonyl (C=O) groups excluding carboxylic acids is 1. The van der Waals surface area contributed by atoms with Gasteiger partial charge in [-0.25, -0.2) is 9.59 Å². The van der Waals surface area contributed by atoms with Crippen LogP contribution in [0.3, 0.4) is 0 Å². The molecule has 6 nitrogen and oxygen atoms in total. The Morgan fingerprint density at radius 2 is 1.86 bits per heavy atom. The highest BCUT2D eigenvalue weighted by Crippen LogP contribution is 2.20. The van der Waals surface area contributed by atoms with E-state index in [1.54, 1.807) is 31.2 Å². The Kier molecular flexibility index (Phi) is 5.03. The van der Waals surface area contributed by atoms with Crippen molar-refractivity contribution in [1.29, 1.82) is 0 Å². The van der Waals surface area contributed by atoms with Crippen LogP contribution in [-0.2, 0) is 4.74 Å². The van der Waals surface area contributed by atoms with Crippen LogP contribution in [0.4, 0.5) is 4.79 Å². The van der Waals surface area contributed by atoms with Crippen LogP contribution in [-0.4, -0.2) is 47.9 Å². The zero-order valence-corrected chi connectivity index (χ0v) is 11.9. The predicted octanol–water partition coefficient (Wildman–Crippen LogP) is 2.38. The van der Waals surface area contributed by atoms with Gasteiger partial charge in [0, 0.05) is 25.9 Å². The predicted molar refractivity (Wildman–Crippen MR) is 75.6 cm³/mol. The molecule has 0 radical (unpaired) electrons. The van der Waals surface area contributed by atoms with Gasteiger partial charge in [0.1, 0.15) is 11.9 Å². The summed E-state index contributed by atoms with van der Waals surface area (Å²) in [4.78, 5) is 23.7. The second-order valence-electron chi connectivity index (χ2n) is 4.83. The average molecular weight is 293 g/mol. The molecule has 1 aliphatic heterocycles. The van der Waals surface area contributed by atoms with E-state index in [4.69, 9.17) is 14.6 Å². The number of amides is 1. The van der Waals surface area contributed by atoms with E-state index in [0.717, 1.165) is 0 Å². The molecule has 1 heterocycles. The lowest BCUT2D eigenvalue weighted by Crippen LogP contribution is -2.41. The quantitative estimate of drug-likeness (QED) is 0.863. The van der Waals surface area contributed by atoms with E-state index < -0.39 is 6.09 Å². The second-order valence-corrected chi connectivity index (χ2v) is 4.83. The summed E-state index contributed by atoms with van der Waals surface area (Å²) in [5, 5.41) is 8.88. The summed E-state index contributed by atoms with van der Waals surface area (Å²) in [6.07, 6.45) is 0.471. The standard InChI is InChI=1S/C15H19NO5/c1-2-20-14(17)11-3-5-12(6-4-11)21-13-7-9-16(10-8-13)15(18)19/h3-6,13H,2,7-10H2,1H3,(H,18,19). The van der Waals surface area contributed by atoms with Crippen LogP contribution in [0.2, 0.25) is 0 Å². The molecule has 0 bridgehead atoms. The third-order valence-corrected chi connectivity index (χ3v) is 3.38. The number of benzene rings is 1. The van der Waals surface area contributed by atoms with Gasteiger partial charge in [0.15, 0.2) is 0 Å². The van der Waals surface area contributed by atoms with Gasteiger partial charge in [-0.15, -0.1) is 0 Å². The normalized spacial score (nSPS) is 15.6. The molecule has 6 heteroatoms. The maximum absolute atomic E-state index is 11.5. The Balaban J connectivity index is 1.87. The minimum Gasteiger partial charge on any atom is -0.490 e. The number of hydrogen-bond acceptors (Lipinski definition) is 4. The summed E-state index contributed by atoms with van der Waals surface area (Å²) in [5.74, 6) is 0.329. The second kappa shape index (κ2) is 6.97. The van der Waals surface area contributed by atoms with Crippen LogP contribution in [0.5, 0.6) is 5.75 Å². The Hall–Kier alpha value is -2.24. The molecular weight excluding hydrogens is 274 g/mol. The molecule has 0 spiro atoms. The lowest BCUT2D eigenvalue weighted by atomic mass is 10.1. The summed E-state index contributed by atoms with van der Waals surface area (Å²) in [7, 11) is 0. The summed E-state index contributed by atoms with van der Waals surface area (Å²) >= 11 is 0. The van der Waals surface area contributed by atoms with E-state index in [1.807, 2.05) is 0 Å². The van der Waals surface area contributed by atoms with Crippen molar-refractivity contribution >= 4 is 12.1 Å². The molecule has 2 rings (SSSR count). The number of hydrogen-bond donors (Lipinski definition) is 1. The molecule has 21 heavy (non-hydrogen) atoms. The van der Waals surface area contributed by atoms with Crippen molar-refractivity contribution in [2.75, 3.05) is 19.7 Å². The fourth-order valence-corrected chi connectivity index (χ4v) is 2.24. The molecule has 1 amide bonds. The van der Waals surface area contributed by atoms with Gasteiger partial charge in [0.2, 0.25) is 0 Å². The summed E-state index contributed by atoms with van der Waals surface area (Å²) in [5.41, 5.74) is 0.491. The van der Waals surface area contributed by atoms with Gasteiger partial charge in [-0.2, -0.15) is 0 Å². The number of ether oxygens (including phenoxy) is 2. The summed E-state index contributed by atoms with van der Waals surface area (Å²) in [6, 6.07) is 6.80. The van der Waals surface area contributed by atoms with Crippen LogP contribution in [0.1, 0.15) is 30.1 Å². The molecular formula is C15H19NO5. The smallest absolute Gasteiger partial charge is 0.407 e. The van der Waals surface area contributed by atoms with Gasteiger partial charge >= 0.3 is 12.1 Å². The first-order valence-electron chi connectivity index (χ1n) is 7.02. The van der Waals surface area contributed by atoms with E-state index >= 15 is 0 Å². The van der Waals surface area contributed by atoms with E-state index in [9.17, 15) is 9.59 Å². The van der Waals surface area contributed by atoms with Crippen LogP contribution in [0.15, 0.2) is 24.3 Å². The highest BCUT2D eigenvalue weighted by Gasteiger charge is 2.23. The van der Waals surface area contributed by atoms with Gasteiger partial charge in [0.25, 0.3) is 0 Å². The molecule has 0 aliphatic carbocycles. The molecule has 0 aromatic heterocycles. The topological polar surface area (TPSA) is 76.1 Å². The lowest BCUT2D eigenvalue weighted by molar-refractivity contribution is 0.0526. The van der Waals surface area contributed by atoms with Crippen molar-refractivity contribution in [1.82, 2.24) is 4.90 Å². The monoisotopic (exact) mass is 293 g/mol. The zero-order valence-electron chi connectivity index (χ0n) is 11.9. The van der Waals surface area contributed by atoms with Gasteiger partial charge in [-0.3, -0.25) is 0 Å². The third kappa shape index (κ3) is 4.11. The molecule has 1 aromatic carbocycles. The number of carbonyl (C=O) groups is 2. The Labute approximate surface area is 123 Å². The molecule has 1 N–H and O–H groups in total. The number of esters is 1. The first-order valence-corrected chi connectivity index (χ1v) is 7.02. The van der Waals surface area contributed by atoms with Crippen molar-refractivity contribution in [3.8, 4) is 5.75 Å². The number of nitrogens with zero attached hydrogens (tertiary/aromatic N) is 1. The summed E-state index contributed by atoms with van der Waals surface area (Å²) in [6.45, 7) is 3.08. The number of carboxylic acid groups (broad SMARTS) is 1. The highest BCUT2D eigenvalue weighted by atomic mass is 16.5. The van der Waals surface area contributed by atoms with Crippen LogP contribution >= 0.6 is 0 Å². The molecule has 1 aromatic rings. The van der Waals surface area contributed by atoms with Crippen LogP contribution < -0.4 is 4.74 Å². The molecule has 1 fully saturated rings. The fourth-order valence-electron chi connectivity index (χ4n) is 2.24. The van der Waals surface area contributed by atoms with Crippen molar-refractivity contribution in [2.45, 2.75) is 25.9 Å². The highest BCUT2D eigenvalue weighted by molar-refractivity contribution is 5.89. The summed E-state index contributed by atoms with van der Waals surface area (Å²) < 4.78 is 10.7. The first-order chi connectivity index (χ1) is 10.1. The lowest BCUT2D eigenvalue weighted by Gasteiger charge is -2.30. The van der Waals surface area contributed by atoms with Gasteiger partial charge in [-0.05, 0) is 31.2 Å². The maximum Gasteiger partial charge on any atom is 0.407 e. The van der Waals surface area contributed by atoms with Gasteiger partial charge < -0.3 is 19.5 Å². The zero-order chi connectivity index (χ0) is 15.2. The van der Waals surface area contributed by atoms with E-state index in [0.29, 0.717) is 43.9 Å². The van der Waals surface area contributed by atoms with Crippen molar-refractivity contribution in [2.24, 2.45) is 0 Å². The Morgan fingerprint density at radius 3 is 2.38 bits per heavy atom. The van der Waals surface area contributed by atoms with E-state index in [-0.39, 0.29) is 12.1 Å². The van der Waals surface area contributed by atoms with Gasteiger partial charge in [-0.1, -0.05) is 0 Å². The van der Waals surface area contributed by atoms with E-state index in [1.165, 1.54) is 4.90 Å². The van der Waals surface area contributed by atoms with Crippen molar-refractivity contribution in [3.63, 3.8) is 0 Å². The molecule has 0 saturated carbocycles. The first kappa shape index (κ1) is 15.2. The Bertz CT molecular complexity index is 491. The van der Waals surface area contributed by atoms with Crippen molar-refractivity contribution < 1.29 is 24.2 Å². The molecule has 114 valence electrons. The van der Waals surface area contributed by atoms with Crippen molar-refractivity contribution in [3.05, 3.63) is 29.8 Å². The molecule has 0 atom stereocenters. The number of piperidine rings is 1. The Morgan fingerprint density at radius 1 is 1.24 bits per heavy atom. The molecule has 1 aliphatic rings. The maximum atomic E-state index is 11.5. The fraction of sp³-hybridized carbons (Fsp3) is 0.467. The number of rotatable bonds is 4. The van der Waals surface area contributed by atoms with Gasteiger partial charge in [0.05, 0.1) is 12.2 Å². The molecule has 0 unspecified atom stereocenters. The number of likely N-dealkylation sites (tertiary alicyclic amines) is 1. The third-order valence-electron chi connectivity index (χ3n) is 3.38. The van der Waals surface area contributed by atoms with Crippen LogP contribution in [0.25, 0.3) is 0 Å². The largest absolute Gasteiger partial charge is 0.490 e. The minimum absolute atomic E-state index is 0.00837. The SMILES string of the molecule is CCOC(=O)c1ccc(OC2CCN(C(=O)O)CC2)cc1.